The number of nitrogens with zero attached hydrogens (tertiary/aromatic N) is 1. The average Bonchev–Trinajstić information content (AvgIpc) is 2.78. The minimum atomic E-state index is -0.258. The van der Waals surface area contributed by atoms with E-state index in [0.717, 1.165) is 30.9 Å². The molecule has 0 unspecified atom stereocenters. The SMILES string of the molecule is COc1ccc(C[NH+]2CCN(C(=O)CNC(=O)/C=C/c3ccccc3)CC2)cc1. The van der Waals surface area contributed by atoms with Crippen molar-refractivity contribution in [1.29, 1.82) is 0 Å². The third-order valence-electron chi connectivity index (χ3n) is 5.08. The summed E-state index contributed by atoms with van der Waals surface area (Å²) < 4.78 is 5.19. The molecule has 1 heterocycles. The number of carbonyl (C=O) groups excluding carboxylic acids is 2. The maximum Gasteiger partial charge on any atom is 0.244 e. The average molecular weight is 394 g/mol. The van der Waals surface area contributed by atoms with E-state index in [1.165, 1.54) is 16.5 Å². The first-order chi connectivity index (χ1) is 14.1. The zero-order valence-corrected chi connectivity index (χ0v) is 16.8. The Hall–Kier alpha value is -3.12. The first-order valence-corrected chi connectivity index (χ1v) is 9.89. The van der Waals surface area contributed by atoms with Crippen molar-refractivity contribution >= 4 is 17.9 Å². The van der Waals surface area contributed by atoms with E-state index in [4.69, 9.17) is 4.74 Å². The van der Waals surface area contributed by atoms with Crippen molar-refractivity contribution in [1.82, 2.24) is 10.2 Å². The number of hydrogen-bond donors (Lipinski definition) is 2. The number of methoxy groups -OCH3 is 1. The number of benzene rings is 2. The molecule has 0 spiro atoms. The predicted octanol–water partition coefficient (Wildman–Crippen LogP) is 0.752. The highest BCUT2D eigenvalue weighted by molar-refractivity contribution is 5.94. The van der Waals surface area contributed by atoms with Gasteiger partial charge in [0, 0.05) is 11.6 Å². The highest BCUT2D eigenvalue weighted by atomic mass is 16.5. The molecule has 1 fully saturated rings. The Morgan fingerprint density at radius 3 is 2.41 bits per heavy atom. The number of piperazine rings is 1. The molecular formula is C23H28N3O3+. The molecule has 6 nitrogen and oxygen atoms in total. The molecule has 3 rings (SSSR count). The second-order valence-corrected chi connectivity index (χ2v) is 7.12. The fourth-order valence-corrected chi connectivity index (χ4v) is 3.35. The van der Waals surface area contributed by atoms with Crippen LogP contribution in [0.5, 0.6) is 5.75 Å². The molecule has 0 atom stereocenters. The van der Waals surface area contributed by atoms with Crippen molar-refractivity contribution in [2.75, 3.05) is 39.8 Å². The lowest BCUT2D eigenvalue weighted by Crippen LogP contribution is -3.13. The van der Waals surface area contributed by atoms with Gasteiger partial charge >= 0.3 is 0 Å². The van der Waals surface area contributed by atoms with Crippen LogP contribution in [0.1, 0.15) is 11.1 Å². The Balaban J connectivity index is 1.38. The zero-order chi connectivity index (χ0) is 20.5. The molecule has 2 aromatic carbocycles. The number of quaternary nitrogens is 1. The van der Waals surface area contributed by atoms with Crippen LogP contribution in [0, 0.1) is 0 Å². The molecule has 2 amide bonds. The molecule has 29 heavy (non-hydrogen) atoms. The molecule has 1 aliphatic heterocycles. The van der Waals surface area contributed by atoms with Crippen LogP contribution in [0.2, 0.25) is 0 Å². The van der Waals surface area contributed by atoms with Gasteiger partial charge in [0.05, 0.1) is 39.8 Å². The van der Waals surface area contributed by atoms with Crippen molar-refractivity contribution in [2.45, 2.75) is 6.54 Å². The number of nitrogens with one attached hydrogen (secondary N) is 2. The zero-order valence-electron chi connectivity index (χ0n) is 16.8. The first kappa shape index (κ1) is 20.6. The normalized spacial score (nSPS) is 14.7. The Kier molecular flexibility index (Phi) is 7.41. The van der Waals surface area contributed by atoms with E-state index in [1.54, 1.807) is 13.2 Å². The Bertz CT molecular complexity index is 826. The Morgan fingerprint density at radius 2 is 1.76 bits per heavy atom. The van der Waals surface area contributed by atoms with Gasteiger partial charge in [-0.05, 0) is 35.9 Å². The quantitative estimate of drug-likeness (QED) is 0.682. The third kappa shape index (κ3) is 6.47. The van der Waals surface area contributed by atoms with Gasteiger partial charge in [0.15, 0.2) is 0 Å². The molecule has 6 heteroatoms. The van der Waals surface area contributed by atoms with Crippen LogP contribution in [0.15, 0.2) is 60.7 Å². The predicted molar refractivity (Wildman–Crippen MR) is 112 cm³/mol. The number of amides is 2. The van der Waals surface area contributed by atoms with E-state index in [0.29, 0.717) is 13.1 Å². The topological polar surface area (TPSA) is 63.1 Å². The fraction of sp³-hybridized carbons (Fsp3) is 0.304. The van der Waals surface area contributed by atoms with Gasteiger partial charge in [0.1, 0.15) is 12.3 Å². The summed E-state index contributed by atoms with van der Waals surface area (Å²) in [6, 6.07) is 17.7. The fourth-order valence-electron chi connectivity index (χ4n) is 3.35. The lowest BCUT2D eigenvalue weighted by molar-refractivity contribution is -0.917. The van der Waals surface area contributed by atoms with Crippen molar-refractivity contribution in [2.24, 2.45) is 0 Å². The summed E-state index contributed by atoms with van der Waals surface area (Å²) in [6.45, 7) is 4.19. The summed E-state index contributed by atoms with van der Waals surface area (Å²) in [7, 11) is 1.67. The summed E-state index contributed by atoms with van der Waals surface area (Å²) in [4.78, 5) is 27.6. The van der Waals surface area contributed by atoms with Gasteiger partial charge < -0.3 is 19.9 Å². The minimum absolute atomic E-state index is 0.0324. The van der Waals surface area contributed by atoms with Gasteiger partial charge in [0.25, 0.3) is 0 Å². The lowest BCUT2D eigenvalue weighted by atomic mass is 10.2. The van der Waals surface area contributed by atoms with Crippen molar-refractivity contribution in [3.8, 4) is 5.75 Å². The van der Waals surface area contributed by atoms with E-state index >= 15 is 0 Å². The summed E-state index contributed by atoms with van der Waals surface area (Å²) in [5.41, 5.74) is 2.21. The number of carbonyl (C=O) groups is 2. The summed E-state index contributed by atoms with van der Waals surface area (Å²) in [5.74, 6) is 0.570. The van der Waals surface area contributed by atoms with Gasteiger partial charge in [-0.3, -0.25) is 9.59 Å². The monoisotopic (exact) mass is 394 g/mol. The van der Waals surface area contributed by atoms with Crippen LogP contribution in [-0.2, 0) is 16.1 Å². The summed E-state index contributed by atoms with van der Waals surface area (Å²) in [5, 5.41) is 2.68. The van der Waals surface area contributed by atoms with Gasteiger partial charge in [-0.2, -0.15) is 0 Å². The number of hydrogen-bond acceptors (Lipinski definition) is 3. The first-order valence-electron chi connectivity index (χ1n) is 9.89. The molecule has 152 valence electrons. The van der Waals surface area contributed by atoms with Gasteiger partial charge in [-0.1, -0.05) is 30.3 Å². The van der Waals surface area contributed by atoms with E-state index in [-0.39, 0.29) is 18.4 Å². The number of ether oxygens (including phenoxy) is 1. The van der Waals surface area contributed by atoms with Crippen molar-refractivity contribution < 1.29 is 19.2 Å². The smallest absolute Gasteiger partial charge is 0.244 e. The molecule has 1 saturated heterocycles. The highest BCUT2D eigenvalue weighted by Crippen LogP contribution is 2.10. The molecule has 2 N–H and O–H groups in total. The molecule has 2 aromatic rings. The number of rotatable bonds is 7. The summed E-state index contributed by atoms with van der Waals surface area (Å²) >= 11 is 0. The van der Waals surface area contributed by atoms with Gasteiger partial charge in [-0.15, -0.1) is 0 Å². The van der Waals surface area contributed by atoms with Crippen molar-refractivity contribution in [3.63, 3.8) is 0 Å². The van der Waals surface area contributed by atoms with Crippen LogP contribution >= 0.6 is 0 Å². The van der Waals surface area contributed by atoms with E-state index < -0.39 is 0 Å². The molecule has 0 saturated carbocycles. The molecular weight excluding hydrogens is 366 g/mol. The maximum absolute atomic E-state index is 12.4. The van der Waals surface area contributed by atoms with Crippen LogP contribution in [0.25, 0.3) is 6.08 Å². The molecule has 0 bridgehead atoms. The molecule has 0 radical (unpaired) electrons. The second kappa shape index (κ2) is 10.4. The lowest BCUT2D eigenvalue weighted by Gasteiger charge is -2.32. The summed E-state index contributed by atoms with van der Waals surface area (Å²) in [6.07, 6.45) is 3.20. The highest BCUT2D eigenvalue weighted by Gasteiger charge is 2.23. The molecule has 1 aliphatic rings. The van der Waals surface area contributed by atoms with Crippen LogP contribution < -0.4 is 15.0 Å². The van der Waals surface area contributed by atoms with Crippen LogP contribution in [0.3, 0.4) is 0 Å². The second-order valence-electron chi connectivity index (χ2n) is 7.12. The minimum Gasteiger partial charge on any atom is -0.497 e. The van der Waals surface area contributed by atoms with Gasteiger partial charge in [0.2, 0.25) is 11.8 Å². The molecule has 0 aromatic heterocycles. The van der Waals surface area contributed by atoms with Crippen molar-refractivity contribution in [3.05, 3.63) is 71.8 Å². The maximum atomic E-state index is 12.4. The van der Waals surface area contributed by atoms with E-state index in [2.05, 4.69) is 17.4 Å². The Labute approximate surface area is 171 Å². The standard InChI is InChI=1S/C23H27N3O3/c1-29-21-10-7-20(8-11-21)18-25-13-15-26(16-14-25)23(28)17-24-22(27)12-9-19-5-3-2-4-6-19/h2-12H,13-18H2,1H3,(H,24,27)/p+1/b12-9+. The largest absolute Gasteiger partial charge is 0.497 e. The van der Waals surface area contributed by atoms with E-state index in [1.807, 2.05) is 47.4 Å². The van der Waals surface area contributed by atoms with Crippen LogP contribution in [0.4, 0.5) is 0 Å². The van der Waals surface area contributed by atoms with Gasteiger partial charge in [-0.25, -0.2) is 0 Å². The molecule has 0 aliphatic carbocycles. The van der Waals surface area contributed by atoms with Crippen LogP contribution in [-0.4, -0.2) is 56.5 Å². The third-order valence-corrected chi connectivity index (χ3v) is 5.08. The van der Waals surface area contributed by atoms with E-state index in [9.17, 15) is 9.59 Å². The Morgan fingerprint density at radius 1 is 1.07 bits per heavy atom.